The number of aromatic amines is 2. The van der Waals surface area contributed by atoms with Crippen molar-refractivity contribution in [3.05, 3.63) is 145 Å². The van der Waals surface area contributed by atoms with Gasteiger partial charge in [-0.1, -0.05) is 79.7 Å². The number of hydrogen-bond acceptors (Lipinski definition) is 6. The molecule has 0 atom stereocenters. The molecule has 2 aliphatic heterocycles. The van der Waals surface area contributed by atoms with E-state index < -0.39 is 21.7 Å². The van der Waals surface area contributed by atoms with Gasteiger partial charge in [0, 0.05) is 138 Å². The van der Waals surface area contributed by atoms with Gasteiger partial charge in [-0.05, 0) is 48.5 Å². The summed E-state index contributed by atoms with van der Waals surface area (Å²) in [7, 11) is 0. The Hall–Kier alpha value is -6.28. The monoisotopic (exact) mass is 734 g/mol. The number of nitrogens with zero attached hydrogens (tertiary/aromatic N) is 6. The first-order valence-corrected chi connectivity index (χ1v) is 19.3. The molecule has 8 heteroatoms. The van der Waals surface area contributed by atoms with Gasteiger partial charge in [-0.25, -0.2) is 0 Å². The van der Waals surface area contributed by atoms with Crippen molar-refractivity contribution in [1.29, 1.82) is 0 Å². The van der Waals surface area contributed by atoms with Crippen molar-refractivity contribution in [1.82, 2.24) is 39.9 Å². The summed E-state index contributed by atoms with van der Waals surface area (Å²) in [5.41, 5.74) is 14.1. The molecular weight excluding hydrogens is 689 g/mol. The van der Waals surface area contributed by atoms with E-state index in [1.165, 1.54) is 0 Å². The van der Waals surface area contributed by atoms with E-state index in [1.54, 1.807) is 0 Å². The summed E-state index contributed by atoms with van der Waals surface area (Å²) in [6.07, 6.45) is 15.0. The second-order valence-corrected chi connectivity index (χ2v) is 17.2. The van der Waals surface area contributed by atoms with E-state index in [1.807, 2.05) is 73.8 Å². The molecule has 9 heterocycles. The Morgan fingerprint density at radius 2 is 0.571 bits per heavy atom. The van der Waals surface area contributed by atoms with Crippen LogP contribution in [0.2, 0.25) is 0 Å². The molecule has 0 aliphatic carbocycles. The first-order valence-electron chi connectivity index (χ1n) is 19.3. The lowest BCUT2D eigenvalue weighted by Gasteiger charge is -2.36. The highest BCUT2D eigenvalue weighted by Gasteiger charge is 2.51. The maximum absolute atomic E-state index is 5.75. The standard InChI is InChI=1S/C48H46N8/c1-45(2)41-37(29-13-9-21-49-25-29)33-17-18-35(53-33)39(31-15-11-23-51-27-31)43-47(5,6)48(7,8)44(56-43)40(32-16-12-24-52-28-32)36-20-19-34(54-36)38(30-14-10-22-50-26-30)42(55-41)46(45,3)4/h9-28,53-54H,1-8H3. The number of H-pyrrole nitrogens is 2. The fourth-order valence-electron chi connectivity index (χ4n) is 8.54. The van der Waals surface area contributed by atoms with Crippen molar-refractivity contribution >= 4 is 22.1 Å². The molecular formula is C48H46N8. The number of fused-ring (bicyclic) bond motifs is 8. The summed E-state index contributed by atoms with van der Waals surface area (Å²) in [6.45, 7) is 18.5. The number of rotatable bonds is 4. The number of nitrogens with one attached hydrogen (secondary N) is 2. The number of aromatic nitrogens is 8. The first-order chi connectivity index (χ1) is 26.8. The van der Waals surface area contributed by atoms with Crippen LogP contribution in [0, 0.1) is 0 Å². The Morgan fingerprint density at radius 1 is 0.339 bits per heavy atom. The van der Waals surface area contributed by atoms with E-state index in [-0.39, 0.29) is 0 Å². The largest absolute Gasteiger partial charge is 0.354 e. The maximum Gasteiger partial charge on any atom is 0.0572 e. The van der Waals surface area contributed by atoms with Crippen LogP contribution in [0.15, 0.2) is 122 Å². The van der Waals surface area contributed by atoms with Crippen molar-refractivity contribution in [2.75, 3.05) is 0 Å². The molecule has 0 aromatic carbocycles. The van der Waals surface area contributed by atoms with Gasteiger partial charge in [0.1, 0.15) is 0 Å². The van der Waals surface area contributed by atoms with E-state index in [0.717, 1.165) is 89.4 Å². The van der Waals surface area contributed by atoms with Gasteiger partial charge in [-0.2, -0.15) is 0 Å². The van der Waals surface area contributed by atoms with Crippen LogP contribution in [0.25, 0.3) is 66.6 Å². The lowest BCUT2D eigenvalue weighted by molar-refractivity contribution is 0.323. The molecule has 0 spiro atoms. The highest BCUT2D eigenvalue weighted by molar-refractivity contribution is 5.93. The zero-order valence-corrected chi connectivity index (χ0v) is 33.2. The van der Waals surface area contributed by atoms with Crippen LogP contribution in [0.3, 0.4) is 0 Å². The molecule has 7 aromatic rings. The summed E-state index contributed by atoms with van der Waals surface area (Å²) in [4.78, 5) is 37.8. The Labute approximate surface area is 327 Å². The Bertz CT molecular complexity index is 2400. The molecule has 2 aliphatic rings. The van der Waals surface area contributed by atoms with Gasteiger partial charge < -0.3 is 9.97 Å². The molecule has 7 aromatic heterocycles. The second kappa shape index (κ2) is 12.6. The fourth-order valence-corrected chi connectivity index (χ4v) is 8.54. The Morgan fingerprint density at radius 3 is 0.768 bits per heavy atom. The minimum Gasteiger partial charge on any atom is -0.354 e. The molecule has 0 radical (unpaired) electrons. The van der Waals surface area contributed by atoms with Crippen LogP contribution in [-0.2, 0) is 21.7 Å². The fraction of sp³-hybridized carbons (Fsp3) is 0.250. The average molecular weight is 735 g/mol. The minimum absolute atomic E-state index is 0.413. The quantitative estimate of drug-likeness (QED) is 0.186. The predicted molar refractivity (Wildman–Crippen MR) is 226 cm³/mol. The molecule has 278 valence electrons. The van der Waals surface area contributed by atoms with Crippen molar-refractivity contribution in [3.8, 4) is 44.5 Å². The van der Waals surface area contributed by atoms with Crippen LogP contribution in [-0.4, -0.2) is 39.9 Å². The summed E-state index contributed by atoms with van der Waals surface area (Å²) in [6, 6.07) is 25.2. The maximum atomic E-state index is 5.75. The molecule has 0 amide bonds. The third kappa shape index (κ3) is 5.19. The Balaban J connectivity index is 1.59. The van der Waals surface area contributed by atoms with Crippen LogP contribution in [0.1, 0.15) is 78.2 Å². The topological polar surface area (TPSA) is 109 Å². The zero-order chi connectivity index (χ0) is 39.0. The SMILES string of the molecule is CC1(C)c2nc(c(-c3cccnc3)c3ccc([nH]3)c(-c3cccnc3)c3nc(c(-c4cccnc4)c4ccc([nH]4)c2-c2cccnc2)C(C)(C)C3(C)C)C1(C)C. The van der Waals surface area contributed by atoms with E-state index in [0.29, 0.717) is 0 Å². The second-order valence-electron chi connectivity index (χ2n) is 17.2. The average Bonchev–Trinajstić information content (AvgIpc) is 3.95. The van der Waals surface area contributed by atoms with Crippen molar-refractivity contribution in [2.45, 2.75) is 77.0 Å². The zero-order valence-electron chi connectivity index (χ0n) is 33.2. The van der Waals surface area contributed by atoms with Gasteiger partial charge in [0.25, 0.3) is 0 Å². The van der Waals surface area contributed by atoms with E-state index in [4.69, 9.17) is 9.97 Å². The number of pyridine rings is 4. The van der Waals surface area contributed by atoms with E-state index >= 15 is 0 Å². The lowest BCUT2D eigenvalue weighted by Crippen LogP contribution is -2.36. The highest BCUT2D eigenvalue weighted by Crippen LogP contribution is 2.55. The van der Waals surface area contributed by atoms with Crippen LogP contribution in [0.5, 0.6) is 0 Å². The molecule has 56 heavy (non-hydrogen) atoms. The summed E-state index contributed by atoms with van der Waals surface area (Å²) in [5, 5.41) is 0. The van der Waals surface area contributed by atoms with E-state index in [2.05, 4.69) is 134 Å². The third-order valence-electron chi connectivity index (χ3n) is 13.1. The minimum atomic E-state index is -0.413. The smallest absolute Gasteiger partial charge is 0.0572 e. The van der Waals surface area contributed by atoms with Crippen LogP contribution < -0.4 is 0 Å². The van der Waals surface area contributed by atoms with E-state index in [9.17, 15) is 0 Å². The predicted octanol–water partition coefficient (Wildman–Crippen LogP) is 11.1. The molecule has 2 N–H and O–H groups in total. The molecule has 0 unspecified atom stereocenters. The molecule has 8 nitrogen and oxygen atoms in total. The van der Waals surface area contributed by atoms with Crippen molar-refractivity contribution in [3.63, 3.8) is 0 Å². The normalized spacial score (nSPS) is 16.4. The summed E-state index contributed by atoms with van der Waals surface area (Å²) < 4.78 is 0. The highest BCUT2D eigenvalue weighted by atomic mass is 14.9. The Kier molecular flexibility index (Phi) is 7.99. The third-order valence-corrected chi connectivity index (χ3v) is 13.1. The van der Waals surface area contributed by atoms with Gasteiger partial charge >= 0.3 is 0 Å². The van der Waals surface area contributed by atoms with Crippen molar-refractivity contribution in [2.24, 2.45) is 0 Å². The summed E-state index contributed by atoms with van der Waals surface area (Å²) >= 11 is 0. The summed E-state index contributed by atoms with van der Waals surface area (Å²) in [5.74, 6) is 0. The first kappa shape index (κ1) is 35.4. The molecule has 0 saturated carbocycles. The van der Waals surface area contributed by atoms with Gasteiger partial charge in [0.2, 0.25) is 0 Å². The molecule has 8 bridgehead atoms. The van der Waals surface area contributed by atoms with Crippen molar-refractivity contribution < 1.29 is 0 Å². The van der Waals surface area contributed by atoms with Crippen LogP contribution in [0.4, 0.5) is 0 Å². The number of hydrogen-bond donors (Lipinski definition) is 2. The molecule has 0 fully saturated rings. The van der Waals surface area contributed by atoms with Crippen LogP contribution >= 0.6 is 0 Å². The lowest BCUT2D eigenvalue weighted by atomic mass is 9.64. The molecule has 0 saturated heterocycles. The molecule has 9 rings (SSSR count). The van der Waals surface area contributed by atoms with Gasteiger partial charge in [0.15, 0.2) is 0 Å². The van der Waals surface area contributed by atoms with Gasteiger partial charge in [0.05, 0.1) is 22.8 Å². The van der Waals surface area contributed by atoms with Gasteiger partial charge in [-0.15, -0.1) is 0 Å². The van der Waals surface area contributed by atoms with Gasteiger partial charge in [-0.3, -0.25) is 29.9 Å².